The van der Waals surface area contributed by atoms with Crippen LogP contribution in [0.5, 0.6) is 0 Å². The zero-order valence-electron chi connectivity index (χ0n) is 8.27. The lowest BCUT2D eigenvalue weighted by molar-refractivity contribution is 0.922. The van der Waals surface area contributed by atoms with Crippen LogP contribution in [0.25, 0.3) is 0 Å². The number of H-pyrrole nitrogens is 1. The fourth-order valence-electron chi connectivity index (χ4n) is 1.29. The SMILES string of the molecule is Nc1cccc(NCCc2ncc[nH]2)n1. The molecule has 5 heteroatoms. The van der Waals surface area contributed by atoms with Crippen LogP contribution >= 0.6 is 0 Å². The van der Waals surface area contributed by atoms with Crippen LogP contribution < -0.4 is 11.1 Å². The van der Waals surface area contributed by atoms with Crippen molar-refractivity contribution in [1.82, 2.24) is 15.0 Å². The molecular weight excluding hydrogens is 190 g/mol. The van der Waals surface area contributed by atoms with E-state index in [4.69, 9.17) is 5.73 Å². The van der Waals surface area contributed by atoms with Gasteiger partial charge in [-0.25, -0.2) is 9.97 Å². The number of aromatic nitrogens is 3. The summed E-state index contributed by atoms with van der Waals surface area (Å²) in [5.41, 5.74) is 5.56. The van der Waals surface area contributed by atoms with Crippen LogP contribution in [0, 0.1) is 0 Å². The molecule has 0 amide bonds. The number of nitrogens with two attached hydrogens (primary N) is 1. The summed E-state index contributed by atoms with van der Waals surface area (Å²) in [5, 5.41) is 3.17. The van der Waals surface area contributed by atoms with Gasteiger partial charge < -0.3 is 16.0 Å². The van der Waals surface area contributed by atoms with E-state index < -0.39 is 0 Å². The molecule has 0 saturated carbocycles. The van der Waals surface area contributed by atoms with Crippen molar-refractivity contribution >= 4 is 11.6 Å². The summed E-state index contributed by atoms with van der Waals surface area (Å²) in [6.07, 6.45) is 4.39. The second kappa shape index (κ2) is 4.45. The lowest BCUT2D eigenvalue weighted by Gasteiger charge is -2.04. The number of nitrogen functional groups attached to an aromatic ring is 1. The molecule has 0 saturated heterocycles. The molecule has 2 rings (SSSR count). The number of pyridine rings is 1. The van der Waals surface area contributed by atoms with Crippen LogP contribution in [0.3, 0.4) is 0 Å². The van der Waals surface area contributed by atoms with Crippen molar-refractivity contribution in [2.45, 2.75) is 6.42 Å². The molecule has 4 N–H and O–H groups in total. The number of hydrogen-bond acceptors (Lipinski definition) is 4. The van der Waals surface area contributed by atoms with Gasteiger partial charge in [0.05, 0.1) is 0 Å². The van der Waals surface area contributed by atoms with Crippen molar-refractivity contribution < 1.29 is 0 Å². The number of hydrogen-bond donors (Lipinski definition) is 3. The monoisotopic (exact) mass is 203 g/mol. The molecule has 2 aromatic heterocycles. The summed E-state index contributed by atoms with van der Waals surface area (Å²) in [4.78, 5) is 11.3. The smallest absolute Gasteiger partial charge is 0.128 e. The van der Waals surface area contributed by atoms with E-state index in [1.807, 2.05) is 18.3 Å². The molecule has 0 bridgehead atoms. The van der Waals surface area contributed by atoms with Gasteiger partial charge in [0.15, 0.2) is 0 Å². The maximum absolute atomic E-state index is 5.56. The minimum Gasteiger partial charge on any atom is -0.384 e. The lowest BCUT2D eigenvalue weighted by Crippen LogP contribution is -2.07. The Labute approximate surface area is 87.8 Å². The van der Waals surface area contributed by atoms with Gasteiger partial charge in [-0.3, -0.25) is 0 Å². The van der Waals surface area contributed by atoms with Crippen LogP contribution in [0.1, 0.15) is 5.82 Å². The molecule has 0 atom stereocenters. The number of aromatic amines is 1. The summed E-state index contributed by atoms with van der Waals surface area (Å²) in [6, 6.07) is 5.52. The van der Waals surface area contributed by atoms with E-state index in [0.29, 0.717) is 5.82 Å². The summed E-state index contributed by atoms with van der Waals surface area (Å²) >= 11 is 0. The highest BCUT2D eigenvalue weighted by molar-refractivity contribution is 5.42. The van der Waals surface area contributed by atoms with Gasteiger partial charge in [-0.2, -0.15) is 0 Å². The largest absolute Gasteiger partial charge is 0.384 e. The first kappa shape index (κ1) is 9.51. The highest BCUT2D eigenvalue weighted by Gasteiger charge is 1.96. The molecule has 0 spiro atoms. The van der Waals surface area contributed by atoms with Gasteiger partial charge in [-0.1, -0.05) is 6.07 Å². The molecule has 0 aromatic carbocycles. The van der Waals surface area contributed by atoms with Crippen molar-refractivity contribution in [2.75, 3.05) is 17.6 Å². The van der Waals surface area contributed by atoms with E-state index >= 15 is 0 Å². The molecule has 0 aliphatic heterocycles. The molecule has 0 aliphatic carbocycles. The van der Waals surface area contributed by atoms with Crippen LogP contribution in [-0.2, 0) is 6.42 Å². The molecule has 2 heterocycles. The fraction of sp³-hybridized carbons (Fsp3) is 0.200. The van der Waals surface area contributed by atoms with Crippen molar-refractivity contribution in [1.29, 1.82) is 0 Å². The normalized spacial score (nSPS) is 10.1. The van der Waals surface area contributed by atoms with Crippen LogP contribution in [0.15, 0.2) is 30.6 Å². The van der Waals surface area contributed by atoms with Crippen molar-refractivity contribution in [3.8, 4) is 0 Å². The van der Waals surface area contributed by atoms with Crippen LogP contribution in [0.4, 0.5) is 11.6 Å². The maximum Gasteiger partial charge on any atom is 0.128 e. The first-order valence-corrected chi connectivity index (χ1v) is 4.79. The second-order valence-corrected chi connectivity index (χ2v) is 3.16. The molecule has 15 heavy (non-hydrogen) atoms. The van der Waals surface area contributed by atoms with E-state index in [-0.39, 0.29) is 0 Å². The van der Waals surface area contributed by atoms with E-state index in [0.717, 1.165) is 24.6 Å². The quantitative estimate of drug-likeness (QED) is 0.693. The fourth-order valence-corrected chi connectivity index (χ4v) is 1.29. The van der Waals surface area contributed by atoms with Crippen molar-refractivity contribution in [3.05, 3.63) is 36.4 Å². The third-order valence-electron chi connectivity index (χ3n) is 1.99. The number of anilines is 2. The molecule has 0 fully saturated rings. The van der Waals surface area contributed by atoms with Gasteiger partial charge in [0.1, 0.15) is 17.5 Å². The number of imidazole rings is 1. The van der Waals surface area contributed by atoms with E-state index in [1.54, 1.807) is 12.3 Å². The number of nitrogens with one attached hydrogen (secondary N) is 2. The number of nitrogens with zero attached hydrogens (tertiary/aromatic N) is 2. The van der Waals surface area contributed by atoms with Crippen molar-refractivity contribution in [2.24, 2.45) is 0 Å². The standard InChI is InChI=1S/C10H13N5/c11-8-2-1-3-10(15-8)12-5-4-9-13-6-7-14-9/h1-3,6-7H,4-5H2,(H,13,14)(H3,11,12,15). The lowest BCUT2D eigenvalue weighted by atomic mass is 10.4. The molecule has 0 radical (unpaired) electrons. The Balaban J connectivity index is 1.83. The van der Waals surface area contributed by atoms with Crippen LogP contribution in [-0.4, -0.2) is 21.5 Å². The highest BCUT2D eigenvalue weighted by atomic mass is 15.0. The third kappa shape index (κ3) is 2.70. The second-order valence-electron chi connectivity index (χ2n) is 3.16. The van der Waals surface area contributed by atoms with Gasteiger partial charge in [0, 0.05) is 25.4 Å². The molecule has 5 nitrogen and oxygen atoms in total. The maximum atomic E-state index is 5.56. The van der Waals surface area contributed by atoms with Gasteiger partial charge in [0.25, 0.3) is 0 Å². The third-order valence-corrected chi connectivity index (χ3v) is 1.99. The Morgan fingerprint density at radius 2 is 2.33 bits per heavy atom. The Morgan fingerprint density at radius 3 is 3.07 bits per heavy atom. The number of rotatable bonds is 4. The predicted molar refractivity (Wildman–Crippen MR) is 59.4 cm³/mol. The van der Waals surface area contributed by atoms with Gasteiger partial charge in [0.2, 0.25) is 0 Å². The van der Waals surface area contributed by atoms with Crippen LogP contribution in [0.2, 0.25) is 0 Å². The Hall–Kier alpha value is -2.04. The minimum atomic E-state index is 0.526. The molecular formula is C10H13N5. The first-order valence-electron chi connectivity index (χ1n) is 4.79. The van der Waals surface area contributed by atoms with Gasteiger partial charge in [-0.15, -0.1) is 0 Å². The first-order chi connectivity index (χ1) is 7.34. The topological polar surface area (TPSA) is 79.6 Å². The van der Waals surface area contributed by atoms with Crippen molar-refractivity contribution in [3.63, 3.8) is 0 Å². The molecule has 2 aromatic rings. The average Bonchev–Trinajstić information content (AvgIpc) is 2.71. The minimum absolute atomic E-state index is 0.526. The Morgan fingerprint density at radius 1 is 1.40 bits per heavy atom. The molecule has 0 unspecified atom stereocenters. The Kier molecular flexibility index (Phi) is 2.82. The summed E-state index contributed by atoms with van der Waals surface area (Å²) in [6.45, 7) is 0.782. The van der Waals surface area contributed by atoms with Gasteiger partial charge >= 0.3 is 0 Å². The average molecular weight is 203 g/mol. The summed E-state index contributed by atoms with van der Waals surface area (Å²) < 4.78 is 0. The highest BCUT2D eigenvalue weighted by Crippen LogP contribution is 2.05. The molecule has 0 aliphatic rings. The summed E-state index contributed by atoms with van der Waals surface area (Å²) in [7, 11) is 0. The van der Waals surface area contributed by atoms with E-state index in [9.17, 15) is 0 Å². The van der Waals surface area contributed by atoms with E-state index in [2.05, 4.69) is 20.3 Å². The summed E-state index contributed by atoms with van der Waals surface area (Å²) in [5.74, 6) is 2.28. The van der Waals surface area contributed by atoms with E-state index in [1.165, 1.54) is 0 Å². The Bertz CT molecular complexity index is 410. The molecule has 78 valence electrons. The van der Waals surface area contributed by atoms with Gasteiger partial charge in [-0.05, 0) is 12.1 Å². The zero-order chi connectivity index (χ0) is 10.5. The zero-order valence-corrected chi connectivity index (χ0v) is 8.27. The predicted octanol–water partition coefficient (Wildman–Crippen LogP) is 1.04.